The summed E-state index contributed by atoms with van der Waals surface area (Å²) in [6.07, 6.45) is -3.16. The molecule has 0 heterocycles. The molecule has 0 aromatic heterocycles. The molecule has 2 unspecified atom stereocenters. The molecule has 0 fully saturated rings. The van der Waals surface area contributed by atoms with E-state index < -0.39 is 134 Å². The van der Waals surface area contributed by atoms with Gasteiger partial charge in [-0.15, -0.1) is 0 Å². The summed E-state index contributed by atoms with van der Waals surface area (Å²) < 4.78 is 0. The predicted molar refractivity (Wildman–Crippen MR) is 212 cm³/mol. The maximum Gasteiger partial charge on any atom is 0.475 e. The number of aliphatic carboxylic acids is 3. The van der Waals surface area contributed by atoms with Crippen LogP contribution in [0.25, 0.3) is 0 Å². The van der Waals surface area contributed by atoms with E-state index in [9.17, 15) is 63.4 Å². The average molecular weight is 835 g/mol. The summed E-state index contributed by atoms with van der Waals surface area (Å²) >= 11 is 0. The summed E-state index contributed by atoms with van der Waals surface area (Å²) in [5, 5.41) is 61.9. The Balaban J connectivity index is 3.65. The van der Waals surface area contributed by atoms with Crippen molar-refractivity contribution in [1.82, 2.24) is 31.9 Å². The number of nitrogens with one attached hydrogen (secondary N) is 6. The van der Waals surface area contributed by atoms with E-state index in [2.05, 4.69) is 31.9 Å². The topological polar surface area (TPSA) is 327 Å². The Bertz CT molecular complexity index is 1700. The molecule has 0 spiro atoms. The van der Waals surface area contributed by atoms with Gasteiger partial charge in [0.05, 0.1) is 18.8 Å². The van der Waals surface area contributed by atoms with Crippen LogP contribution < -0.4 is 31.9 Å². The van der Waals surface area contributed by atoms with Crippen LogP contribution in [0.4, 0.5) is 0 Å². The van der Waals surface area contributed by atoms with Crippen molar-refractivity contribution in [3.8, 4) is 0 Å². The molecule has 0 aliphatic rings. The second kappa shape index (κ2) is 23.1. The highest BCUT2D eigenvalue weighted by Gasteiger charge is 2.44. The average Bonchev–Trinajstić information content (AvgIpc) is 3.11. The molecular formula is C38H59BN6O14. The minimum absolute atomic E-state index is 0.116. The fraction of sp³-hybridized carbons (Fsp3) is 0.605. The van der Waals surface area contributed by atoms with Crippen molar-refractivity contribution in [2.45, 2.75) is 136 Å². The van der Waals surface area contributed by atoms with E-state index in [-0.39, 0.29) is 24.3 Å². The first-order valence-corrected chi connectivity index (χ1v) is 19.1. The maximum atomic E-state index is 14.6. The minimum Gasteiger partial charge on any atom is -0.481 e. The Hall–Kier alpha value is -5.57. The van der Waals surface area contributed by atoms with Gasteiger partial charge in [-0.2, -0.15) is 0 Å². The van der Waals surface area contributed by atoms with Crippen molar-refractivity contribution in [1.29, 1.82) is 0 Å². The van der Waals surface area contributed by atoms with Crippen molar-refractivity contribution in [3.05, 3.63) is 35.4 Å². The highest BCUT2D eigenvalue weighted by atomic mass is 16.4. The molecule has 0 saturated heterocycles. The molecule has 6 atom stereocenters. The normalized spacial score (nSPS) is 14.8. The van der Waals surface area contributed by atoms with Crippen molar-refractivity contribution in [2.75, 3.05) is 0 Å². The van der Waals surface area contributed by atoms with Crippen LogP contribution in [0.3, 0.4) is 0 Å². The van der Waals surface area contributed by atoms with Gasteiger partial charge in [0.2, 0.25) is 29.5 Å². The Morgan fingerprint density at radius 2 is 1.24 bits per heavy atom. The van der Waals surface area contributed by atoms with Crippen molar-refractivity contribution in [2.24, 2.45) is 11.3 Å². The van der Waals surface area contributed by atoms with E-state index in [0.29, 0.717) is 5.56 Å². The van der Waals surface area contributed by atoms with Crippen LogP contribution in [0.15, 0.2) is 24.3 Å². The van der Waals surface area contributed by atoms with Crippen molar-refractivity contribution >= 4 is 60.5 Å². The molecular weight excluding hydrogens is 775 g/mol. The first-order chi connectivity index (χ1) is 27.2. The molecule has 0 saturated carbocycles. The smallest absolute Gasteiger partial charge is 0.475 e. The SMILES string of the molecule is CCC(NC(=O)[C@H](CC(C)C)NC(=O)[C@@H](NC(=O)C(C)(NC(=O)[C@H](CCC(=O)O)NC(=O)[C@H](CC(=O)O)NC(=O)CCC(=O)O)c1ccccc1C)C(C)(C)C)B(O)O. The number of carbonyl (C=O) groups excluding carboxylic acids is 6. The fourth-order valence-corrected chi connectivity index (χ4v) is 5.97. The number of carboxylic acids is 3. The van der Waals surface area contributed by atoms with Crippen LogP contribution in [0.2, 0.25) is 0 Å². The molecule has 59 heavy (non-hydrogen) atoms. The molecule has 6 amide bonds. The van der Waals surface area contributed by atoms with Crippen molar-refractivity contribution < 1.29 is 68.5 Å². The van der Waals surface area contributed by atoms with Gasteiger partial charge in [-0.25, -0.2) is 0 Å². The molecule has 21 heteroatoms. The van der Waals surface area contributed by atoms with Gasteiger partial charge in [0.25, 0.3) is 5.91 Å². The fourth-order valence-electron chi connectivity index (χ4n) is 5.97. The molecule has 0 aliphatic carbocycles. The molecule has 20 nitrogen and oxygen atoms in total. The first-order valence-electron chi connectivity index (χ1n) is 19.1. The van der Waals surface area contributed by atoms with Gasteiger partial charge >= 0.3 is 25.0 Å². The summed E-state index contributed by atoms with van der Waals surface area (Å²) in [5.74, 6) is -11.1. The third kappa shape index (κ3) is 17.1. The molecule has 0 bridgehead atoms. The standard InChI is InChI=1S/C38H59BN6O14/c1-9-26(39(58)59)43-33(54)24(18-20(2)3)42-35(56)31(37(5,6)7)44-36(57)38(8,22-13-11-10-12-21(22)4)45-34(55)23(14-16-28(47)48)41-32(53)25(19-30(51)52)40-27(46)15-17-29(49)50/h10-13,20,23-26,31,58-59H,9,14-19H2,1-8H3,(H,40,46)(H,41,53)(H,42,56)(H,43,54)(H,44,57)(H,45,55)(H,47,48)(H,49,50)(H,51,52)/t23-,24-,25-,26?,31+,38?/m0/s1. The summed E-state index contributed by atoms with van der Waals surface area (Å²) in [5.41, 5.74) is -2.37. The number of carboxylic acid groups (broad SMARTS) is 3. The second-order valence-corrected chi connectivity index (χ2v) is 15.9. The van der Waals surface area contributed by atoms with E-state index in [1.54, 1.807) is 66.7 Å². The van der Waals surface area contributed by atoms with Gasteiger partial charge in [-0.1, -0.05) is 65.8 Å². The van der Waals surface area contributed by atoms with Gasteiger partial charge in [-0.3, -0.25) is 43.2 Å². The van der Waals surface area contributed by atoms with E-state index in [0.717, 1.165) is 0 Å². The zero-order valence-electron chi connectivity index (χ0n) is 34.7. The lowest BCUT2D eigenvalue weighted by molar-refractivity contribution is -0.142. The lowest BCUT2D eigenvalue weighted by Gasteiger charge is -2.37. The highest BCUT2D eigenvalue weighted by molar-refractivity contribution is 6.43. The number of carbonyl (C=O) groups is 9. The molecule has 1 aromatic rings. The van der Waals surface area contributed by atoms with Gasteiger partial charge < -0.3 is 57.3 Å². The van der Waals surface area contributed by atoms with E-state index >= 15 is 0 Å². The van der Waals surface area contributed by atoms with Crippen LogP contribution in [0.1, 0.15) is 105 Å². The Kier molecular flexibility index (Phi) is 20.2. The Morgan fingerprint density at radius 1 is 0.678 bits per heavy atom. The molecule has 1 aromatic carbocycles. The maximum absolute atomic E-state index is 14.6. The molecule has 0 aliphatic heterocycles. The Morgan fingerprint density at radius 3 is 1.73 bits per heavy atom. The molecule has 1 rings (SSSR count). The minimum atomic E-state index is -2.05. The Labute approximate surface area is 343 Å². The van der Waals surface area contributed by atoms with E-state index in [1.807, 2.05) is 0 Å². The van der Waals surface area contributed by atoms with Crippen molar-refractivity contribution in [3.63, 3.8) is 0 Å². The molecule has 328 valence electrons. The number of aryl methyl sites for hydroxylation is 1. The molecule has 0 radical (unpaired) electrons. The number of benzene rings is 1. The highest BCUT2D eigenvalue weighted by Crippen LogP contribution is 2.28. The number of amides is 6. The van der Waals surface area contributed by atoms with Gasteiger partial charge in [-0.05, 0) is 55.6 Å². The lowest BCUT2D eigenvalue weighted by Crippen LogP contribution is -2.64. The lowest BCUT2D eigenvalue weighted by atomic mass is 9.77. The first kappa shape index (κ1) is 51.5. The number of hydrogen-bond donors (Lipinski definition) is 11. The predicted octanol–water partition coefficient (Wildman–Crippen LogP) is -0.531. The largest absolute Gasteiger partial charge is 0.481 e. The zero-order valence-corrected chi connectivity index (χ0v) is 34.7. The van der Waals surface area contributed by atoms with E-state index in [1.165, 1.54) is 13.0 Å². The number of hydrogen-bond acceptors (Lipinski definition) is 11. The summed E-state index contributed by atoms with van der Waals surface area (Å²) in [6.45, 7) is 13.1. The summed E-state index contributed by atoms with van der Waals surface area (Å²) in [6, 6.07) is 0.311. The number of rotatable bonds is 24. The summed E-state index contributed by atoms with van der Waals surface area (Å²) in [4.78, 5) is 116. The van der Waals surface area contributed by atoms with Gasteiger partial charge in [0.1, 0.15) is 29.7 Å². The van der Waals surface area contributed by atoms with Crippen LogP contribution in [-0.2, 0) is 48.7 Å². The van der Waals surface area contributed by atoms with Gasteiger partial charge in [0, 0.05) is 12.8 Å². The van der Waals surface area contributed by atoms with Gasteiger partial charge in [0.15, 0.2) is 0 Å². The van der Waals surface area contributed by atoms with Crippen LogP contribution >= 0.6 is 0 Å². The van der Waals surface area contributed by atoms with Crippen LogP contribution in [0.5, 0.6) is 0 Å². The third-order valence-electron chi connectivity index (χ3n) is 9.26. The monoisotopic (exact) mass is 834 g/mol. The quantitative estimate of drug-likeness (QED) is 0.0584. The second-order valence-electron chi connectivity index (χ2n) is 15.9. The third-order valence-corrected chi connectivity index (χ3v) is 9.26. The van der Waals surface area contributed by atoms with Crippen LogP contribution in [0, 0.1) is 18.3 Å². The molecule has 11 N–H and O–H groups in total. The zero-order chi connectivity index (χ0) is 45.4. The van der Waals surface area contributed by atoms with Crippen LogP contribution in [-0.4, -0.2) is 116 Å². The summed E-state index contributed by atoms with van der Waals surface area (Å²) in [7, 11) is -1.87. The van der Waals surface area contributed by atoms with E-state index in [4.69, 9.17) is 5.11 Å².